The van der Waals surface area contributed by atoms with E-state index < -0.39 is 15.9 Å². The lowest BCUT2D eigenvalue weighted by Gasteiger charge is -2.12. The molecule has 33 heavy (non-hydrogen) atoms. The molecule has 0 aliphatic heterocycles. The van der Waals surface area contributed by atoms with Gasteiger partial charge in [-0.15, -0.1) is 0 Å². The highest BCUT2D eigenvalue weighted by atomic mass is 35.5. The summed E-state index contributed by atoms with van der Waals surface area (Å²) in [5.41, 5.74) is 1.46. The van der Waals surface area contributed by atoms with Gasteiger partial charge in [0.15, 0.2) is 0 Å². The maximum absolute atomic E-state index is 12.9. The highest BCUT2D eigenvalue weighted by molar-refractivity contribution is 7.92. The van der Waals surface area contributed by atoms with Gasteiger partial charge in [0.2, 0.25) is 0 Å². The van der Waals surface area contributed by atoms with Crippen molar-refractivity contribution in [1.29, 1.82) is 0 Å². The number of benzene rings is 3. The fourth-order valence-corrected chi connectivity index (χ4v) is 4.44. The first-order valence-electron chi connectivity index (χ1n) is 9.84. The third kappa shape index (κ3) is 5.02. The molecule has 0 saturated heterocycles. The van der Waals surface area contributed by atoms with Gasteiger partial charge in [-0.2, -0.15) is 0 Å². The van der Waals surface area contributed by atoms with Gasteiger partial charge in [0.05, 0.1) is 33.1 Å². The molecule has 170 valence electrons. The monoisotopic (exact) mass is 486 g/mol. The minimum Gasteiger partial charge on any atom is -0.494 e. The molecular weight excluding hydrogens is 468 g/mol. The third-order valence-electron chi connectivity index (χ3n) is 4.68. The van der Waals surface area contributed by atoms with Crippen molar-refractivity contribution >= 4 is 49.9 Å². The Morgan fingerprint density at radius 3 is 2.39 bits per heavy atom. The number of carbonyl (C=O) groups is 1. The van der Waals surface area contributed by atoms with Crippen molar-refractivity contribution in [2.75, 3.05) is 16.6 Å². The average molecular weight is 487 g/mol. The summed E-state index contributed by atoms with van der Waals surface area (Å²) >= 11 is 6.17. The Hall–Kier alpha value is -3.76. The van der Waals surface area contributed by atoms with E-state index in [0.29, 0.717) is 34.8 Å². The summed E-state index contributed by atoms with van der Waals surface area (Å²) in [5, 5.41) is 2.75. The van der Waals surface area contributed by atoms with Gasteiger partial charge in [-0.25, -0.2) is 13.2 Å². The van der Waals surface area contributed by atoms with E-state index in [9.17, 15) is 18.0 Å². The first-order chi connectivity index (χ1) is 15.7. The lowest BCUT2D eigenvalue weighted by Crippen LogP contribution is -2.16. The summed E-state index contributed by atoms with van der Waals surface area (Å²) in [6.45, 7) is 2.35. The van der Waals surface area contributed by atoms with E-state index in [1.807, 2.05) is 6.92 Å². The van der Waals surface area contributed by atoms with Gasteiger partial charge >= 0.3 is 5.69 Å². The van der Waals surface area contributed by atoms with Crippen molar-refractivity contribution in [3.8, 4) is 5.75 Å². The summed E-state index contributed by atoms with van der Waals surface area (Å²) in [4.78, 5) is 29.3. The zero-order valence-electron chi connectivity index (χ0n) is 17.3. The number of fused-ring (bicyclic) bond motifs is 1. The first-order valence-corrected chi connectivity index (χ1v) is 11.7. The predicted octanol–water partition coefficient (Wildman–Crippen LogP) is 3.96. The van der Waals surface area contributed by atoms with Crippen LogP contribution in [0.5, 0.6) is 5.75 Å². The minimum atomic E-state index is -3.98. The van der Waals surface area contributed by atoms with Crippen LogP contribution in [0.4, 0.5) is 11.4 Å². The molecule has 11 heteroatoms. The number of hydrogen-bond donors (Lipinski definition) is 4. The molecule has 4 rings (SSSR count). The van der Waals surface area contributed by atoms with Gasteiger partial charge in [0.25, 0.3) is 15.9 Å². The summed E-state index contributed by atoms with van der Waals surface area (Å²) in [6.07, 6.45) is 0. The Morgan fingerprint density at radius 2 is 1.67 bits per heavy atom. The molecule has 4 N–H and O–H groups in total. The van der Waals surface area contributed by atoms with E-state index in [-0.39, 0.29) is 21.2 Å². The Morgan fingerprint density at radius 1 is 0.970 bits per heavy atom. The number of aromatic amines is 2. The number of rotatable bonds is 7. The largest absolute Gasteiger partial charge is 0.494 e. The summed E-state index contributed by atoms with van der Waals surface area (Å²) in [5.74, 6) is 0.0168. The SMILES string of the molecule is CCOc1ccc(NS(=O)(=O)c2ccc(Cl)c(C(=O)Nc3ccc4[nH]c(=O)[nH]c4c3)c2)cc1. The fourth-order valence-electron chi connectivity index (χ4n) is 3.15. The number of hydrogen-bond acceptors (Lipinski definition) is 5. The minimum absolute atomic E-state index is 0.0195. The van der Waals surface area contributed by atoms with E-state index in [1.165, 1.54) is 18.2 Å². The third-order valence-corrected chi connectivity index (χ3v) is 6.39. The van der Waals surface area contributed by atoms with Crippen LogP contribution in [0, 0.1) is 0 Å². The van der Waals surface area contributed by atoms with Crippen LogP contribution in [-0.4, -0.2) is 30.9 Å². The van der Waals surface area contributed by atoms with Crippen molar-refractivity contribution in [2.24, 2.45) is 0 Å². The molecule has 0 spiro atoms. The zero-order valence-corrected chi connectivity index (χ0v) is 18.9. The molecule has 0 unspecified atom stereocenters. The molecule has 1 amide bonds. The van der Waals surface area contributed by atoms with E-state index in [2.05, 4.69) is 20.0 Å². The van der Waals surface area contributed by atoms with Gasteiger partial charge in [0.1, 0.15) is 5.75 Å². The lowest BCUT2D eigenvalue weighted by molar-refractivity contribution is 0.102. The Kier molecular flexibility index (Phi) is 6.12. The van der Waals surface area contributed by atoms with Crippen molar-refractivity contribution in [3.63, 3.8) is 0 Å². The van der Waals surface area contributed by atoms with Crippen LogP contribution in [0.15, 0.2) is 70.4 Å². The summed E-state index contributed by atoms with van der Waals surface area (Å²) < 4.78 is 33.5. The topological polar surface area (TPSA) is 133 Å². The molecule has 0 radical (unpaired) electrons. The smallest absolute Gasteiger partial charge is 0.323 e. The Bertz CT molecular complexity index is 1490. The number of aromatic nitrogens is 2. The Labute approximate surface area is 193 Å². The summed E-state index contributed by atoms with van der Waals surface area (Å²) in [7, 11) is -3.98. The van der Waals surface area contributed by atoms with Crippen LogP contribution in [-0.2, 0) is 10.0 Å². The molecule has 0 saturated carbocycles. The molecule has 0 fully saturated rings. The van der Waals surface area contributed by atoms with Crippen molar-refractivity contribution < 1.29 is 17.9 Å². The number of anilines is 2. The second-order valence-electron chi connectivity index (χ2n) is 7.00. The van der Waals surface area contributed by atoms with Crippen LogP contribution in [0.3, 0.4) is 0 Å². The lowest BCUT2D eigenvalue weighted by atomic mass is 10.2. The Balaban J connectivity index is 1.56. The maximum atomic E-state index is 12.9. The van der Waals surface area contributed by atoms with Crippen molar-refractivity contribution in [2.45, 2.75) is 11.8 Å². The van der Waals surface area contributed by atoms with Crippen LogP contribution in [0.1, 0.15) is 17.3 Å². The highest BCUT2D eigenvalue weighted by Gasteiger charge is 2.19. The van der Waals surface area contributed by atoms with Gasteiger partial charge in [-0.3, -0.25) is 9.52 Å². The number of amides is 1. The molecule has 0 bridgehead atoms. The number of ether oxygens (including phenoxy) is 1. The molecule has 0 atom stereocenters. The highest BCUT2D eigenvalue weighted by Crippen LogP contribution is 2.25. The van der Waals surface area contributed by atoms with Gasteiger partial charge in [-0.05, 0) is 67.6 Å². The molecule has 1 heterocycles. The molecule has 4 aromatic rings. The normalized spacial score (nSPS) is 11.3. The number of nitrogens with one attached hydrogen (secondary N) is 4. The van der Waals surface area contributed by atoms with E-state index >= 15 is 0 Å². The number of carbonyl (C=O) groups excluding carboxylic acids is 1. The van der Waals surface area contributed by atoms with Crippen LogP contribution in [0.25, 0.3) is 11.0 Å². The maximum Gasteiger partial charge on any atom is 0.323 e. The predicted molar refractivity (Wildman–Crippen MR) is 127 cm³/mol. The molecular formula is C22H19ClN4O5S. The zero-order chi connectivity index (χ0) is 23.6. The quantitative estimate of drug-likeness (QED) is 0.314. The van der Waals surface area contributed by atoms with Gasteiger partial charge < -0.3 is 20.0 Å². The van der Waals surface area contributed by atoms with Gasteiger partial charge in [-0.1, -0.05) is 11.6 Å². The van der Waals surface area contributed by atoms with Crippen molar-refractivity contribution in [1.82, 2.24) is 9.97 Å². The first kappa shape index (κ1) is 22.4. The molecule has 0 aliphatic carbocycles. The molecule has 1 aromatic heterocycles. The molecule has 3 aromatic carbocycles. The number of halogens is 1. The fraction of sp³-hybridized carbons (Fsp3) is 0.0909. The second-order valence-corrected chi connectivity index (χ2v) is 9.09. The second kappa shape index (κ2) is 9.00. The van der Waals surface area contributed by atoms with E-state index in [4.69, 9.17) is 16.3 Å². The number of imidazole rings is 1. The standard InChI is InChI=1S/C22H19ClN4O5S/c1-2-32-15-6-3-13(4-7-15)27-33(30,31)16-8-9-18(23)17(12-16)21(28)24-14-5-10-19-20(11-14)26-22(29)25-19/h3-12,27H,2H2,1H3,(H,24,28)(H2,25,26,29). The summed E-state index contributed by atoms with van der Waals surface area (Å²) in [6, 6.07) is 15.1. The number of sulfonamides is 1. The molecule has 9 nitrogen and oxygen atoms in total. The van der Waals surface area contributed by atoms with Crippen molar-refractivity contribution in [3.05, 3.63) is 81.7 Å². The molecule has 0 aliphatic rings. The van der Waals surface area contributed by atoms with Gasteiger partial charge in [0, 0.05) is 11.4 Å². The van der Waals surface area contributed by atoms with Crippen LogP contribution in [0.2, 0.25) is 5.02 Å². The van der Waals surface area contributed by atoms with E-state index in [0.717, 1.165) is 0 Å². The van der Waals surface area contributed by atoms with Crippen LogP contribution >= 0.6 is 11.6 Å². The number of H-pyrrole nitrogens is 2. The van der Waals surface area contributed by atoms with E-state index in [1.54, 1.807) is 42.5 Å². The average Bonchev–Trinajstić information content (AvgIpc) is 3.14. The van der Waals surface area contributed by atoms with Crippen LogP contribution < -0.4 is 20.5 Å².